The van der Waals surface area contributed by atoms with Gasteiger partial charge in [0.05, 0.1) is 12.0 Å². The zero-order valence-electron chi connectivity index (χ0n) is 12.6. The predicted molar refractivity (Wildman–Crippen MR) is 86.0 cm³/mol. The van der Waals surface area contributed by atoms with Gasteiger partial charge in [-0.05, 0) is 41.3 Å². The molecule has 0 unspecified atom stereocenters. The molecule has 0 saturated carbocycles. The van der Waals surface area contributed by atoms with Crippen molar-refractivity contribution >= 4 is 20.9 Å². The van der Waals surface area contributed by atoms with Crippen LogP contribution < -0.4 is 0 Å². The Bertz CT molecular complexity index is 705. The predicted octanol–water partition coefficient (Wildman–Crippen LogP) is 4.30. The maximum atomic E-state index is 11.7. The number of fused-ring (bicyclic) bond motifs is 1. The quantitative estimate of drug-likeness (QED) is 0.566. The molecule has 2 rings (SSSR count). The van der Waals surface area contributed by atoms with Crippen molar-refractivity contribution in [3.8, 4) is 0 Å². The topological polar surface area (TPSA) is 43.4 Å². The molecule has 0 aliphatic heterocycles. The molecule has 114 valence electrons. The Morgan fingerprint density at radius 1 is 0.952 bits per heavy atom. The second-order valence-corrected chi connectivity index (χ2v) is 6.99. The summed E-state index contributed by atoms with van der Waals surface area (Å²) in [4.78, 5) is 0.202. The van der Waals surface area contributed by atoms with Crippen LogP contribution >= 0.6 is 0 Å². The second-order valence-electron chi connectivity index (χ2n) is 5.27. The molecular formula is C17H22O3S. The van der Waals surface area contributed by atoms with Crippen molar-refractivity contribution in [3.63, 3.8) is 0 Å². The molecule has 0 heterocycles. The van der Waals surface area contributed by atoms with E-state index in [1.54, 1.807) is 12.1 Å². The molecule has 3 nitrogen and oxygen atoms in total. The molecular weight excluding hydrogens is 284 g/mol. The number of rotatable bonds is 7. The molecule has 4 heteroatoms. The van der Waals surface area contributed by atoms with Gasteiger partial charge >= 0.3 is 0 Å². The fraction of sp³-hybridized carbons (Fsp3) is 0.412. The van der Waals surface area contributed by atoms with Crippen LogP contribution in [0.2, 0.25) is 0 Å². The number of aryl methyl sites for hydroxylation is 1. The first kappa shape index (κ1) is 16.0. The first-order valence-electron chi connectivity index (χ1n) is 7.40. The van der Waals surface area contributed by atoms with Crippen LogP contribution in [0.1, 0.15) is 38.2 Å². The lowest BCUT2D eigenvalue weighted by Crippen LogP contribution is -2.02. The van der Waals surface area contributed by atoms with E-state index in [-0.39, 0.29) is 4.90 Å². The van der Waals surface area contributed by atoms with Gasteiger partial charge in [-0.1, -0.05) is 50.5 Å². The van der Waals surface area contributed by atoms with E-state index in [2.05, 4.69) is 23.2 Å². The first-order chi connectivity index (χ1) is 10.1. The molecule has 0 aromatic heterocycles. The van der Waals surface area contributed by atoms with Gasteiger partial charge in [0.25, 0.3) is 10.1 Å². The SMILES string of the molecule is CCCCCCc1ccc2cc(S(=O)(=O)OC)ccc2c1. The van der Waals surface area contributed by atoms with Gasteiger partial charge < -0.3 is 0 Å². The van der Waals surface area contributed by atoms with Crippen molar-refractivity contribution < 1.29 is 12.6 Å². The zero-order chi connectivity index (χ0) is 15.3. The van der Waals surface area contributed by atoms with E-state index in [1.165, 1.54) is 38.4 Å². The second kappa shape index (κ2) is 7.05. The number of benzene rings is 2. The van der Waals surface area contributed by atoms with Gasteiger partial charge in [-0.3, -0.25) is 4.18 Å². The van der Waals surface area contributed by atoms with Crippen LogP contribution in [0.5, 0.6) is 0 Å². The van der Waals surface area contributed by atoms with Crippen LogP contribution in [0.3, 0.4) is 0 Å². The van der Waals surface area contributed by atoms with E-state index >= 15 is 0 Å². The summed E-state index contributed by atoms with van der Waals surface area (Å²) in [5.41, 5.74) is 1.31. The largest absolute Gasteiger partial charge is 0.296 e. The third-order valence-corrected chi connectivity index (χ3v) is 4.97. The molecule has 0 amide bonds. The summed E-state index contributed by atoms with van der Waals surface area (Å²) in [5.74, 6) is 0. The summed E-state index contributed by atoms with van der Waals surface area (Å²) < 4.78 is 27.9. The normalized spacial score (nSPS) is 11.9. The van der Waals surface area contributed by atoms with Crippen molar-refractivity contribution in [2.45, 2.75) is 43.9 Å². The van der Waals surface area contributed by atoms with Gasteiger partial charge in [0, 0.05) is 0 Å². The molecule has 0 radical (unpaired) electrons. The minimum absolute atomic E-state index is 0.202. The van der Waals surface area contributed by atoms with Crippen LogP contribution in [-0.2, 0) is 20.7 Å². The minimum atomic E-state index is -3.62. The molecule has 2 aromatic rings. The fourth-order valence-electron chi connectivity index (χ4n) is 2.44. The van der Waals surface area contributed by atoms with Crippen molar-refractivity contribution in [2.24, 2.45) is 0 Å². The lowest BCUT2D eigenvalue weighted by molar-refractivity contribution is 0.398. The van der Waals surface area contributed by atoms with Crippen LogP contribution in [0.4, 0.5) is 0 Å². The van der Waals surface area contributed by atoms with Gasteiger partial charge in [0.1, 0.15) is 0 Å². The number of hydrogen-bond acceptors (Lipinski definition) is 3. The summed E-state index contributed by atoms with van der Waals surface area (Å²) in [6.07, 6.45) is 6.07. The van der Waals surface area contributed by atoms with E-state index in [0.717, 1.165) is 17.2 Å². The highest BCUT2D eigenvalue weighted by Gasteiger charge is 2.13. The average molecular weight is 306 g/mol. The molecule has 0 saturated heterocycles. The van der Waals surface area contributed by atoms with Crippen LogP contribution in [0.25, 0.3) is 10.8 Å². The Balaban J connectivity index is 2.20. The van der Waals surface area contributed by atoms with E-state index in [9.17, 15) is 8.42 Å². The summed E-state index contributed by atoms with van der Waals surface area (Å²) in [5, 5.41) is 1.99. The van der Waals surface area contributed by atoms with E-state index in [0.29, 0.717) is 0 Å². The van der Waals surface area contributed by atoms with Crippen LogP contribution in [-0.4, -0.2) is 15.5 Å². The Morgan fingerprint density at radius 3 is 2.38 bits per heavy atom. The molecule has 21 heavy (non-hydrogen) atoms. The fourth-order valence-corrected chi connectivity index (χ4v) is 3.13. The third kappa shape index (κ3) is 4.05. The molecule has 0 aliphatic carbocycles. The van der Waals surface area contributed by atoms with Gasteiger partial charge in [0.15, 0.2) is 0 Å². The Labute approximate surface area is 127 Å². The van der Waals surface area contributed by atoms with Gasteiger partial charge in [-0.25, -0.2) is 0 Å². The van der Waals surface area contributed by atoms with Crippen LogP contribution in [0, 0.1) is 0 Å². The molecule has 0 N–H and O–H groups in total. The monoisotopic (exact) mass is 306 g/mol. The first-order valence-corrected chi connectivity index (χ1v) is 8.81. The van der Waals surface area contributed by atoms with Gasteiger partial charge in [-0.15, -0.1) is 0 Å². The molecule has 2 aromatic carbocycles. The number of unbranched alkanes of at least 4 members (excludes halogenated alkanes) is 3. The summed E-state index contributed by atoms with van der Waals surface area (Å²) in [7, 11) is -2.44. The summed E-state index contributed by atoms with van der Waals surface area (Å²) in [6, 6.07) is 11.3. The van der Waals surface area contributed by atoms with E-state index in [4.69, 9.17) is 0 Å². The zero-order valence-corrected chi connectivity index (χ0v) is 13.4. The lowest BCUT2D eigenvalue weighted by Gasteiger charge is -2.06. The van der Waals surface area contributed by atoms with Gasteiger partial charge in [-0.2, -0.15) is 8.42 Å². The lowest BCUT2D eigenvalue weighted by atomic mass is 10.0. The smallest absolute Gasteiger partial charge is 0.270 e. The third-order valence-electron chi connectivity index (χ3n) is 3.70. The minimum Gasteiger partial charge on any atom is -0.270 e. The Hall–Kier alpha value is -1.39. The van der Waals surface area contributed by atoms with Gasteiger partial charge in [0.2, 0.25) is 0 Å². The maximum Gasteiger partial charge on any atom is 0.296 e. The average Bonchev–Trinajstić information content (AvgIpc) is 2.51. The molecule has 0 atom stereocenters. The molecule has 0 spiro atoms. The Kier molecular flexibility index (Phi) is 5.37. The standard InChI is InChI=1S/C17H22O3S/c1-3-4-5-6-7-14-8-9-16-13-17(21(18,19)20-2)11-10-15(16)12-14/h8-13H,3-7H2,1-2H3. The van der Waals surface area contributed by atoms with Crippen molar-refractivity contribution in [2.75, 3.05) is 7.11 Å². The van der Waals surface area contributed by atoms with E-state index in [1.807, 2.05) is 12.1 Å². The summed E-state index contributed by atoms with van der Waals surface area (Å²) >= 11 is 0. The Morgan fingerprint density at radius 2 is 1.67 bits per heavy atom. The van der Waals surface area contributed by atoms with Crippen molar-refractivity contribution in [1.29, 1.82) is 0 Å². The highest BCUT2D eigenvalue weighted by atomic mass is 32.2. The van der Waals surface area contributed by atoms with E-state index < -0.39 is 10.1 Å². The highest BCUT2D eigenvalue weighted by Crippen LogP contribution is 2.22. The summed E-state index contributed by atoms with van der Waals surface area (Å²) in [6.45, 7) is 2.21. The highest BCUT2D eigenvalue weighted by molar-refractivity contribution is 7.86. The van der Waals surface area contributed by atoms with Crippen molar-refractivity contribution in [3.05, 3.63) is 42.0 Å². The number of hydrogen-bond donors (Lipinski definition) is 0. The maximum absolute atomic E-state index is 11.7. The van der Waals surface area contributed by atoms with Crippen molar-refractivity contribution in [1.82, 2.24) is 0 Å². The molecule has 0 aliphatic rings. The molecule has 0 bridgehead atoms. The van der Waals surface area contributed by atoms with Crippen LogP contribution in [0.15, 0.2) is 41.3 Å². The molecule has 0 fully saturated rings.